The molecule has 0 radical (unpaired) electrons. The summed E-state index contributed by atoms with van der Waals surface area (Å²) in [4.78, 5) is 14.9. The molecule has 0 saturated carbocycles. The first-order chi connectivity index (χ1) is 9.03. The zero-order valence-corrected chi connectivity index (χ0v) is 11.7. The molecule has 0 aliphatic rings. The molecule has 1 amide bonds. The van der Waals surface area contributed by atoms with Crippen molar-refractivity contribution in [2.75, 3.05) is 13.6 Å². The number of carbonyl (C=O) groups is 1. The van der Waals surface area contributed by atoms with Gasteiger partial charge in [0.2, 0.25) is 5.91 Å². The van der Waals surface area contributed by atoms with E-state index < -0.39 is 5.41 Å². The lowest BCUT2D eigenvalue weighted by Crippen LogP contribution is -2.41. The van der Waals surface area contributed by atoms with Gasteiger partial charge in [0.15, 0.2) is 0 Å². The van der Waals surface area contributed by atoms with Crippen LogP contribution in [0.4, 0.5) is 0 Å². The number of rotatable bonds is 5. The quantitative estimate of drug-likeness (QED) is 0.769. The van der Waals surface area contributed by atoms with E-state index in [1.165, 1.54) is 10.9 Å². The fourth-order valence-corrected chi connectivity index (χ4v) is 2.14. The van der Waals surface area contributed by atoms with Gasteiger partial charge in [-0.05, 0) is 36.9 Å². The number of hydrogen-bond donors (Lipinski definition) is 3. The molecule has 1 heterocycles. The van der Waals surface area contributed by atoms with E-state index in [0.29, 0.717) is 6.54 Å². The molecular formula is C15H21N3O. The van der Waals surface area contributed by atoms with Gasteiger partial charge in [0.05, 0.1) is 5.41 Å². The van der Waals surface area contributed by atoms with Gasteiger partial charge in [-0.15, -0.1) is 0 Å². The average Bonchev–Trinajstić information content (AvgIpc) is 2.84. The van der Waals surface area contributed by atoms with Crippen LogP contribution in [0.5, 0.6) is 0 Å². The highest BCUT2D eigenvalue weighted by atomic mass is 16.2. The van der Waals surface area contributed by atoms with Gasteiger partial charge in [-0.25, -0.2) is 0 Å². The number of aromatic amines is 1. The molecular weight excluding hydrogens is 238 g/mol. The lowest BCUT2D eigenvalue weighted by atomic mass is 9.92. The van der Waals surface area contributed by atoms with Crippen molar-refractivity contribution in [3.05, 3.63) is 36.0 Å². The normalized spacial score (nSPS) is 11.7. The number of H-pyrrole nitrogens is 1. The molecule has 0 bridgehead atoms. The average molecular weight is 259 g/mol. The summed E-state index contributed by atoms with van der Waals surface area (Å²) in [6.07, 6.45) is 1.94. The van der Waals surface area contributed by atoms with E-state index >= 15 is 0 Å². The molecule has 3 N–H and O–H groups in total. The monoisotopic (exact) mass is 259 g/mol. The maximum absolute atomic E-state index is 11.7. The Hall–Kier alpha value is -1.81. The van der Waals surface area contributed by atoms with E-state index in [1.54, 1.807) is 7.05 Å². The fraction of sp³-hybridized carbons (Fsp3) is 0.400. The van der Waals surface area contributed by atoms with Gasteiger partial charge >= 0.3 is 0 Å². The van der Waals surface area contributed by atoms with E-state index in [2.05, 4.69) is 39.9 Å². The van der Waals surface area contributed by atoms with Crippen molar-refractivity contribution in [2.45, 2.75) is 20.4 Å². The minimum atomic E-state index is -0.398. The fourth-order valence-electron chi connectivity index (χ4n) is 2.14. The molecule has 1 aromatic heterocycles. The van der Waals surface area contributed by atoms with E-state index in [0.717, 1.165) is 12.1 Å². The van der Waals surface area contributed by atoms with Gasteiger partial charge in [0, 0.05) is 31.9 Å². The van der Waals surface area contributed by atoms with Gasteiger partial charge < -0.3 is 15.6 Å². The van der Waals surface area contributed by atoms with Crippen LogP contribution >= 0.6 is 0 Å². The zero-order chi connectivity index (χ0) is 13.9. The molecule has 0 spiro atoms. The SMILES string of the molecule is CNC(=O)C(C)(C)CNCc1ccc2cc[nH]c2c1. The second-order valence-electron chi connectivity index (χ2n) is 5.47. The van der Waals surface area contributed by atoms with Crippen LogP contribution in [0.15, 0.2) is 30.5 Å². The molecule has 1 aromatic carbocycles. The Bertz CT molecular complexity index is 572. The van der Waals surface area contributed by atoms with Crippen LogP contribution in [0.2, 0.25) is 0 Å². The lowest BCUT2D eigenvalue weighted by Gasteiger charge is -2.22. The van der Waals surface area contributed by atoms with Crippen LogP contribution in [-0.2, 0) is 11.3 Å². The molecule has 0 aliphatic carbocycles. The van der Waals surface area contributed by atoms with Crippen molar-refractivity contribution in [2.24, 2.45) is 5.41 Å². The third-order valence-electron chi connectivity index (χ3n) is 3.36. The first kappa shape index (κ1) is 13.6. The van der Waals surface area contributed by atoms with Crippen LogP contribution in [0.1, 0.15) is 19.4 Å². The van der Waals surface area contributed by atoms with Crippen molar-refractivity contribution in [3.63, 3.8) is 0 Å². The van der Waals surface area contributed by atoms with Crippen molar-refractivity contribution in [3.8, 4) is 0 Å². The number of fused-ring (bicyclic) bond motifs is 1. The van der Waals surface area contributed by atoms with Gasteiger partial charge in [-0.3, -0.25) is 4.79 Å². The summed E-state index contributed by atoms with van der Waals surface area (Å²) >= 11 is 0. The van der Waals surface area contributed by atoms with Crippen LogP contribution in [0.25, 0.3) is 10.9 Å². The topological polar surface area (TPSA) is 56.9 Å². The highest BCUT2D eigenvalue weighted by molar-refractivity contribution is 5.81. The van der Waals surface area contributed by atoms with E-state index in [9.17, 15) is 4.79 Å². The van der Waals surface area contributed by atoms with Crippen LogP contribution < -0.4 is 10.6 Å². The lowest BCUT2D eigenvalue weighted by molar-refractivity contribution is -0.128. The summed E-state index contributed by atoms with van der Waals surface area (Å²) in [5.41, 5.74) is 1.96. The Balaban J connectivity index is 1.93. The molecule has 0 aliphatic heterocycles. The summed E-state index contributed by atoms with van der Waals surface area (Å²) in [5, 5.41) is 7.25. The van der Waals surface area contributed by atoms with Crippen molar-refractivity contribution in [1.29, 1.82) is 0 Å². The van der Waals surface area contributed by atoms with Gasteiger partial charge in [0.25, 0.3) is 0 Å². The number of amides is 1. The maximum atomic E-state index is 11.7. The Kier molecular flexibility index (Phi) is 3.90. The number of carbonyl (C=O) groups excluding carboxylic acids is 1. The third-order valence-corrected chi connectivity index (χ3v) is 3.36. The third kappa shape index (κ3) is 3.15. The Labute approximate surface area is 113 Å². The summed E-state index contributed by atoms with van der Waals surface area (Å²) < 4.78 is 0. The molecule has 2 rings (SSSR count). The summed E-state index contributed by atoms with van der Waals surface area (Å²) in [5.74, 6) is 0.0554. The van der Waals surface area contributed by atoms with Gasteiger partial charge in [0.1, 0.15) is 0 Å². The molecule has 0 saturated heterocycles. The highest BCUT2D eigenvalue weighted by Crippen LogP contribution is 2.16. The minimum absolute atomic E-state index is 0.0554. The van der Waals surface area contributed by atoms with E-state index in [4.69, 9.17) is 0 Å². The predicted octanol–water partition coefficient (Wildman–Crippen LogP) is 2.03. The van der Waals surface area contributed by atoms with Crippen LogP contribution in [-0.4, -0.2) is 24.5 Å². The molecule has 0 unspecified atom stereocenters. The number of benzene rings is 1. The summed E-state index contributed by atoms with van der Waals surface area (Å²) in [6, 6.07) is 8.40. The molecule has 4 heteroatoms. The Morgan fingerprint density at radius 1 is 1.32 bits per heavy atom. The molecule has 0 fully saturated rings. The molecule has 102 valence electrons. The molecule has 2 aromatic rings. The van der Waals surface area contributed by atoms with Crippen LogP contribution in [0.3, 0.4) is 0 Å². The predicted molar refractivity (Wildman–Crippen MR) is 77.9 cm³/mol. The van der Waals surface area contributed by atoms with Crippen molar-refractivity contribution >= 4 is 16.8 Å². The van der Waals surface area contributed by atoms with Crippen molar-refractivity contribution in [1.82, 2.24) is 15.6 Å². The summed E-state index contributed by atoms with van der Waals surface area (Å²) in [6.45, 7) is 5.28. The molecule has 4 nitrogen and oxygen atoms in total. The number of nitrogens with one attached hydrogen (secondary N) is 3. The van der Waals surface area contributed by atoms with E-state index in [-0.39, 0.29) is 5.91 Å². The van der Waals surface area contributed by atoms with Crippen LogP contribution in [0, 0.1) is 5.41 Å². The largest absolute Gasteiger partial charge is 0.361 e. The first-order valence-electron chi connectivity index (χ1n) is 6.52. The smallest absolute Gasteiger partial charge is 0.226 e. The highest BCUT2D eigenvalue weighted by Gasteiger charge is 2.25. The van der Waals surface area contributed by atoms with E-state index in [1.807, 2.05) is 20.0 Å². The second kappa shape index (κ2) is 5.45. The zero-order valence-electron chi connectivity index (χ0n) is 11.7. The maximum Gasteiger partial charge on any atom is 0.226 e. The second-order valence-corrected chi connectivity index (χ2v) is 5.47. The number of aromatic nitrogens is 1. The first-order valence-corrected chi connectivity index (χ1v) is 6.52. The standard InChI is InChI=1S/C15H21N3O/c1-15(2,14(19)16-3)10-17-9-11-4-5-12-6-7-18-13(12)8-11/h4-8,17-18H,9-10H2,1-3H3,(H,16,19). The van der Waals surface area contributed by atoms with Crippen molar-refractivity contribution < 1.29 is 4.79 Å². The van der Waals surface area contributed by atoms with Gasteiger partial charge in [-0.1, -0.05) is 12.1 Å². The Morgan fingerprint density at radius 2 is 2.11 bits per heavy atom. The molecule has 0 atom stereocenters. The van der Waals surface area contributed by atoms with Gasteiger partial charge in [-0.2, -0.15) is 0 Å². The Morgan fingerprint density at radius 3 is 2.84 bits per heavy atom. The number of hydrogen-bond acceptors (Lipinski definition) is 2. The molecule has 19 heavy (non-hydrogen) atoms. The minimum Gasteiger partial charge on any atom is -0.361 e. The summed E-state index contributed by atoms with van der Waals surface area (Å²) in [7, 11) is 1.67.